The molecule has 19 heavy (non-hydrogen) atoms. The summed E-state index contributed by atoms with van der Waals surface area (Å²) < 4.78 is 5.61. The molecule has 6 heteroatoms. The minimum atomic E-state index is -0.869. The molecule has 1 aromatic rings. The van der Waals surface area contributed by atoms with Gasteiger partial charge in [-0.3, -0.25) is 0 Å². The first-order chi connectivity index (χ1) is 9.11. The van der Waals surface area contributed by atoms with Gasteiger partial charge in [0.2, 0.25) is 0 Å². The lowest BCUT2D eigenvalue weighted by molar-refractivity contribution is 0.0700. The fourth-order valence-electron chi connectivity index (χ4n) is 2.22. The van der Waals surface area contributed by atoms with Gasteiger partial charge in [0.05, 0.1) is 11.8 Å². The number of rotatable bonds is 4. The largest absolute Gasteiger partial charge is 0.477 e. The van der Waals surface area contributed by atoms with E-state index in [1.54, 1.807) is 0 Å². The van der Waals surface area contributed by atoms with Gasteiger partial charge in [0.15, 0.2) is 5.13 Å². The van der Waals surface area contributed by atoms with Gasteiger partial charge in [0.25, 0.3) is 0 Å². The fourth-order valence-corrected chi connectivity index (χ4v) is 3.20. The van der Waals surface area contributed by atoms with Crippen LogP contribution in [0.4, 0.5) is 5.13 Å². The summed E-state index contributed by atoms with van der Waals surface area (Å²) >= 11 is 1.29. The summed E-state index contributed by atoms with van der Waals surface area (Å²) in [6, 6.07) is 0. The number of carboxylic acids is 1. The van der Waals surface area contributed by atoms with E-state index in [1.807, 2.05) is 13.8 Å². The zero-order valence-electron chi connectivity index (χ0n) is 11.4. The van der Waals surface area contributed by atoms with Crippen molar-refractivity contribution in [1.29, 1.82) is 0 Å². The fraction of sp³-hybridized carbons (Fsp3) is 0.692. The molecule has 5 nitrogen and oxygen atoms in total. The number of carbonyl (C=O) groups is 1. The monoisotopic (exact) mass is 284 g/mol. The van der Waals surface area contributed by atoms with Crippen molar-refractivity contribution in [3.63, 3.8) is 0 Å². The van der Waals surface area contributed by atoms with E-state index < -0.39 is 5.97 Å². The third-order valence-electron chi connectivity index (χ3n) is 3.09. The van der Waals surface area contributed by atoms with Crippen LogP contribution in [0.25, 0.3) is 0 Å². The van der Waals surface area contributed by atoms with Crippen molar-refractivity contribution < 1.29 is 14.6 Å². The van der Waals surface area contributed by atoms with E-state index in [9.17, 15) is 9.90 Å². The molecular weight excluding hydrogens is 264 g/mol. The minimum absolute atomic E-state index is 0.161. The molecule has 0 aromatic carbocycles. The Labute approximate surface area is 117 Å². The number of aryl methyl sites for hydroxylation is 1. The van der Waals surface area contributed by atoms with Crippen LogP contribution in [-0.4, -0.2) is 41.9 Å². The van der Waals surface area contributed by atoms with Crippen LogP contribution in [0.2, 0.25) is 0 Å². The van der Waals surface area contributed by atoms with Crippen LogP contribution in [0.5, 0.6) is 0 Å². The van der Waals surface area contributed by atoms with Crippen molar-refractivity contribution in [3.8, 4) is 0 Å². The van der Waals surface area contributed by atoms with Gasteiger partial charge in [-0.15, -0.1) is 0 Å². The molecule has 1 fully saturated rings. The normalized spacial score (nSPS) is 20.3. The molecule has 106 valence electrons. The van der Waals surface area contributed by atoms with Gasteiger partial charge in [-0.05, 0) is 19.8 Å². The van der Waals surface area contributed by atoms with Crippen molar-refractivity contribution in [2.45, 2.75) is 39.2 Å². The summed E-state index contributed by atoms with van der Waals surface area (Å²) in [7, 11) is 0. The summed E-state index contributed by atoms with van der Waals surface area (Å²) in [5.41, 5.74) is 0.716. The molecule has 2 rings (SSSR count). The first-order valence-corrected chi connectivity index (χ1v) is 7.53. The molecule has 1 atom stereocenters. The molecule has 0 radical (unpaired) electrons. The number of aromatic carboxylic acids is 1. The number of carboxylic acid groups (broad SMARTS) is 1. The molecule has 0 amide bonds. The lowest BCUT2D eigenvalue weighted by Gasteiger charge is -2.20. The highest BCUT2D eigenvalue weighted by molar-refractivity contribution is 7.17. The van der Waals surface area contributed by atoms with Gasteiger partial charge in [0.1, 0.15) is 4.88 Å². The molecule has 1 aromatic heterocycles. The average Bonchev–Trinajstić information content (AvgIpc) is 2.66. The molecule has 2 heterocycles. The molecule has 1 unspecified atom stereocenters. The van der Waals surface area contributed by atoms with Crippen LogP contribution in [0.15, 0.2) is 0 Å². The van der Waals surface area contributed by atoms with Crippen molar-refractivity contribution >= 4 is 22.4 Å². The van der Waals surface area contributed by atoms with Crippen LogP contribution in [0.3, 0.4) is 0 Å². The van der Waals surface area contributed by atoms with Crippen LogP contribution in [0.1, 0.15) is 42.1 Å². The zero-order valence-corrected chi connectivity index (χ0v) is 12.2. The van der Waals surface area contributed by atoms with E-state index in [1.165, 1.54) is 11.3 Å². The smallest absolute Gasteiger partial charge is 0.347 e. The summed E-state index contributed by atoms with van der Waals surface area (Å²) in [5.74, 6) is -0.869. The lowest BCUT2D eigenvalue weighted by Crippen LogP contribution is -2.29. The molecular formula is C13H20N2O3S. The molecule has 1 N–H and O–H groups in total. The summed E-state index contributed by atoms with van der Waals surface area (Å²) in [6.07, 6.45) is 2.74. The van der Waals surface area contributed by atoms with E-state index in [0.29, 0.717) is 10.6 Å². The third-order valence-corrected chi connectivity index (χ3v) is 4.24. The number of hydrogen-bond donors (Lipinski definition) is 1. The van der Waals surface area contributed by atoms with Crippen LogP contribution in [-0.2, 0) is 11.2 Å². The van der Waals surface area contributed by atoms with Gasteiger partial charge in [-0.25, -0.2) is 9.78 Å². The quantitative estimate of drug-likeness (QED) is 0.920. The number of anilines is 1. The molecule has 0 saturated carbocycles. The van der Waals surface area contributed by atoms with Crippen LogP contribution < -0.4 is 4.90 Å². The zero-order chi connectivity index (χ0) is 13.8. The van der Waals surface area contributed by atoms with Crippen molar-refractivity contribution in [1.82, 2.24) is 4.98 Å². The van der Waals surface area contributed by atoms with E-state index in [2.05, 4.69) is 9.88 Å². The minimum Gasteiger partial charge on any atom is -0.477 e. The second-order valence-electron chi connectivity index (χ2n) is 4.81. The maximum atomic E-state index is 11.3. The Morgan fingerprint density at radius 1 is 1.63 bits per heavy atom. The molecule has 1 aliphatic heterocycles. The van der Waals surface area contributed by atoms with E-state index >= 15 is 0 Å². The van der Waals surface area contributed by atoms with Gasteiger partial charge >= 0.3 is 5.97 Å². The maximum absolute atomic E-state index is 11.3. The average molecular weight is 284 g/mol. The number of thiazole rings is 1. The van der Waals surface area contributed by atoms with Gasteiger partial charge in [-0.1, -0.05) is 24.7 Å². The Balaban J connectivity index is 2.23. The Morgan fingerprint density at radius 3 is 3.11 bits per heavy atom. The number of hydrogen-bond acceptors (Lipinski definition) is 5. The van der Waals surface area contributed by atoms with Crippen LogP contribution in [0, 0.1) is 0 Å². The first kappa shape index (κ1) is 14.3. The predicted octanol–water partition coefficient (Wildman–Crippen LogP) is 2.41. The molecule has 0 bridgehead atoms. The number of ether oxygens (including phenoxy) is 1. The number of aromatic nitrogens is 1. The van der Waals surface area contributed by atoms with Gasteiger partial charge in [-0.2, -0.15) is 0 Å². The Morgan fingerprint density at radius 2 is 2.42 bits per heavy atom. The summed E-state index contributed by atoms with van der Waals surface area (Å²) in [6.45, 7) is 6.49. The molecule has 0 aliphatic carbocycles. The second-order valence-corrected chi connectivity index (χ2v) is 5.79. The Kier molecular flexibility index (Phi) is 4.76. The van der Waals surface area contributed by atoms with Gasteiger partial charge < -0.3 is 14.7 Å². The van der Waals surface area contributed by atoms with Crippen molar-refractivity contribution in [3.05, 3.63) is 10.6 Å². The predicted molar refractivity (Wildman–Crippen MR) is 75.3 cm³/mol. The second kappa shape index (κ2) is 6.34. The topological polar surface area (TPSA) is 62.7 Å². The van der Waals surface area contributed by atoms with Crippen molar-refractivity contribution in [2.24, 2.45) is 0 Å². The van der Waals surface area contributed by atoms with E-state index in [-0.39, 0.29) is 6.10 Å². The molecule has 1 aliphatic rings. The molecule has 0 spiro atoms. The summed E-state index contributed by atoms with van der Waals surface area (Å²) in [5, 5.41) is 10.1. The summed E-state index contributed by atoms with van der Waals surface area (Å²) in [4.78, 5) is 18.3. The van der Waals surface area contributed by atoms with Gasteiger partial charge in [0, 0.05) is 19.7 Å². The highest BCUT2D eigenvalue weighted by Gasteiger charge is 2.22. The van der Waals surface area contributed by atoms with Crippen LogP contribution >= 0.6 is 11.3 Å². The number of nitrogens with zero attached hydrogens (tertiary/aromatic N) is 2. The first-order valence-electron chi connectivity index (χ1n) is 6.71. The lowest BCUT2D eigenvalue weighted by atomic mass is 10.2. The van der Waals surface area contributed by atoms with Crippen molar-refractivity contribution in [2.75, 3.05) is 24.6 Å². The molecule has 1 saturated heterocycles. The maximum Gasteiger partial charge on any atom is 0.347 e. The highest BCUT2D eigenvalue weighted by Crippen LogP contribution is 2.28. The SMILES string of the molecule is CCCc1nc(N2CCCOC(C)C2)sc1C(=O)O. The third kappa shape index (κ3) is 3.45. The standard InChI is InChI=1S/C13H20N2O3S/c1-3-5-10-11(12(16)17)19-13(14-10)15-6-4-7-18-9(2)8-15/h9H,3-8H2,1-2H3,(H,16,17). The van der Waals surface area contributed by atoms with E-state index in [0.717, 1.165) is 44.1 Å². The van der Waals surface area contributed by atoms with E-state index in [4.69, 9.17) is 4.74 Å². The highest BCUT2D eigenvalue weighted by atomic mass is 32.1. The Bertz CT molecular complexity index is 447. The Hall–Kier alpha value is -1.14.